The van der Waals surface area contributed by atoms with E-state index in [1.54, 1.807) is 9.80 Å². The zero-order valence-corrected chi connectivity index (χ0v) is 17.0. The summed E-state index contributed by atoms with van der Waals surface area (Å²) in [6.07, 6.45) is 1.68. The molecule has 0 radical (unpaired) electrons. The Bertz CT molecular complexity index is 681. The molecule has 2 saturated heterocycles. The largest absolute Gasteiger partial charge is 0.456 e. The Morgan fingerprint density at radius 3 is 2.26 bits per heavy atom. The van der Waals surface area contributed by atoms with Gasteiger partial charge in [-0.15, -0.1) is 0 Å². The molecule has 0 atom stereocenters. The van der Waals surface area contributed by atoms with Crippen molar-refractivity contribution >= 4 is 18.0 Å². The highest BCUT2D eigenvalue weighted by Gasteiger charge is 2.51. The van der Waals surface area contributed by atoms with Crippen LogP contribution < -0.4 is 0 Å². The molecule has 0 unspecified atom stereocenters. The Balaban J connectivity index is 1.69. The maximum absolute atomic E-state index is 13.2. The third kappa shape index (κ3) is 3.69. The smallest absolute Gasteiger partial charge is 0.410 e. The topological polar surface area (TPSA) is 76.2 Å². The van der Waals surface area contributed by atoms with Crippen LogP contribution >= 0.6 is 0 Å². The number of hydrogen-bond acceptors (Lipinski definition) is 5. The number of ether oxygens (including phenoxy) is 2. The van der Waals surface area contributed by atoms with Crippen LogP contribution in [0.15, 0.2) is 11.3 Å². The highest BCUT2D eigenvalue weighted by molar-refractivity contribution is 5.95. The Hall–Kier alpha value is -2.05. The minimum atomic E-state index is -0.527. The molecule has 2 amide bonds. The van der Waals surface area contributed by atoms with E-state index in [4.69, 9.17) is 9.47 Å². The van der Waals surface area contributed by atoms with E-state index in [0.29, 0.717) is 38.0 Å². The van der Waals surface area contributed by atoms with E-state index >= 15 is 0 Å². The second-order valence-electron chi connectivity index (χ2n) is 9.05. The Labute approximate surface area is 160 Å². The number of esters is 1. The lowest BCUT2D eigenvalue weighted by Crippen LogP contribution is -2.48. The maximum Gasteiger partial charge on any atom is 0.410 e. The molecule has 7 heteroatoms. The number of cyclic esters (lactones) is 1. The number of nitrogens with zero attached hydrogens (tertiary/aromatic N) is 2. The summed E-state index contributed by atoms with van der Waals surface area (Å²) in [5.74, 6) is -0.223. The molecule has 2 fully saturated rings. The van der Waals surface area contributed by atoms with Gasteiger partial charge in [0, 0.05) is 19.6 Å². The van der Waals surface area contributed by atoms with Gasteiger partial charge < -0.3 is 19.3 Å². The fraction of sp³-hybridized carbons (Fsp3) is 0.750. The normalized spacial score (nSPS) is 22.9. The summed E-state index contributed by atoms with van der Waals surface area (Å²) in [5.41, 5.74) is 0.373. The molecule has 0 saturated carbocycles. The highest BCUT2D eigenvalue weighted by Crippen LogP contribution is 2.44. The first kappa shape index (κ1) is 19.7. The van der Waals surface area contributed by atoms with E-state index < -0.39 is 11.0 Å². The van der Waals surface area contributed by atoms with Gasteiger partial charge in [0.25, 0.3) is 0 Å². The third-order valence-corrected chi connectivity index (χ3v) is 5.66. The van der Waals surface area contributed by atoms with Crippen molar-refractivity contribution in [3.63, 3.8) is 0 Å². The Morgan fingerprint density at radius 1 is 1.11 bits per heavy atom. The fourth-order valence-electron chi connectivity index (χ4n) is 4.19. The average molecular weight is 378 g/mol. The minimum absolute atomic E-state index is 0.0216. The van der Waals surface area contributed by atoms with E-state index in [1.165, 1.54) is 0 Å². The summed E-state index contributed by atoms with van der Waals surface area (Å²) in [6, 6.07) is 0. The Kier molecular flexibility index (Phi) is 4.99. The molecule has 150 valence electrons. The zero-order valence-electron chi connectivity index (χ0n) is 17.0. The number of likely N-dealkylation sites (tertiary alicyclic amines) is 2. The van der Waals surface area contributed by atoms with Gasteiger partial charge in [0.15, 0.2) is 0 Å². The first-order valence-corrected chi connectivity index (χ1v) is 9.74. The molecule has 0 aliphatic carbocycles. The van der Waals surface area contributed by atoms with Crippen molar-refractivity contribution in [2.24, 2.45) is 11.3 Å². The van der Waals surface area contributed by atoms with E-state index in [1.807, 2.05) is 34.6 Å². The summed E-state index contributed by atoms with van der Waals surface area (Å²) in [5, 5.41) is 0. The lowest BCUT2D eigenvalue weighted by molar-refractivity contribution is -0.138. The molecule has 3 heterocycles. The van der Waals surface area contributed by atoms with Crippen LogP contribution in [-0.2, 0) is 19.1 Å². The Morgan fingerprint density at radius 2 is 1.70 bits per heavy atom. The van der Waals surface area contributed by atoms with Crippen LogP contribution in [0.25, 0.3) is 0 Å². The highest BCUT2D eigenvalue weighted by atomic mass is 16.6. The van der Waals surface area contributed by atoms with Gasteiger partial charge in [-0.2, -0.15) is 0 Å². The molecule has 1 spiro atoms. The summed E-state index contributed by atoms with van der Waals surface area (Å²) in [7, 11) is 0. The average Bonchev–Trinajstić information content (AvgIpc) is 3.08. The second-order valence-corrected chi connectivity index (χ2v) is 9.05. The first-order valence-electron chi connectivity index (χ1n) is 9.74. The van der Waals surface area contributed by atoms with Gasteiger partial charge in [-0.25, -0.2) is 9.59 Å². The van der Waals surface area contributed by atoms with Crippen molar-refractivity contribution in [2.45, 2.75) is 59.5 Å². The molecule has 0 aromatic rings. The molecule has 3 aliphatic rings. The number of amides is 2. The molecular formula is C20H30N2O5. The van der Waals surface area contributed by atoms with Crippen LogP contribution in [0.4, 0.5) is 4.79 Å². The fourth-order valence-corrected chi connectivity index (χ4v) is 4.19. The van der Waals surface area contributed by atoms with Gasteiger partial charge in [-0.1, -0.05) is 13.8 Å². The number of rotatable bonds is 2. The molecule has 3 rings (SSSR count). The second kappa shape index (κ2) is 6.84. The van der Waals surface area contributed by atoms with Gasteiger partial charge >= 0.3 is 12.1 Å². The number of carbonyl (C=O) groups is 3. The van der Waals surface area contributed by atoms with Gasteiger partial charge in [0.2, 0.25) is 5.91 Å². The lowest BCUT2D eigenvalue weighted by atomic mass is 9.77. The molecule has 0 aromatic heterocycles. The minimum Gasteiger partial charge on any atom is -0.456 e. The SMILES string of the molecule is CC(C)C1=C(N2CCC3(CCN(C(=O)OC(C)(C)C)CC3)C2=O)COC1=O. The zero-order chi connectivity index (χ0) is 20.0. The summed E-state index contributed by atoms with van der Waals surface area (Å²) < 4.78 is 10.6. The van der Waals surface area contributed by atoms with Gasteiger partial charge in [-0.05, 0) is 46.0 Å². The standard InChI is InChI=1S/C20H30N2O5/c1-13(2)15-14(12-26-16(15)23)22-11-8-20(17(22)24)6-9-21(10-7-20)18(25)27-19(3,4)5/h13H,6-12H2,1-5H3. The van der Waals surface area contributed by atoms with E-state index in [0.717, 1.165) is 12.1 Å². The quantitative estimate of drug-likeness (QED) is 0.691. The predicted octanol–water partition coefficient (Wildman–Crippen LogP) is 2.70. The molecular weight excluding hydrogens is 348 g/mol. The van der Waals surface area contributed by atoms with E-state index in [-0.39, 0.29) is 30.5 Å². The van der Waals surface area contributed by atoms with Crippen molar-refractivity contribution in [1.82, 2.24) is 9.80 Å². The van der Waals surface area contributed by atoms with Crippen molar-refractivity contribution in [3.8, 4) is 0 Å². The predicted molar refractivity (Wildman–Crippen MR) is 98.6 cm³/mol. The molecule has 7 nitrogen and oxygen atoms in total. The summed E-state index contributed by atoms with van der Waals surface area (Å²) in [4.78, 5) is 41.0. The molecule has 0 N–H and O–H groups in total. The van der Waals surface area contributed by atoms with Crippen molar-refractivity contribution < 1.29 is 23.9 Å². The number of carbonyl (C=O) groups excluding carboxylic acids is 3. The van der Waals surface area contributed by atoms with E-state index in [2.05, 4.69) is 0 Å². The first-order chi connectivity index (χ1) is 12.5. The van der Waals surface area contributed by atoms with E-state index in [9.17, 15) is 14.4 Å². The molecule has 3 aliphatic heterocycles. The number of hydrogen-bond donors (Lipinski definition) is 0. The third-order valence-electron chi connectivity index (χ3n) is 5.66. The molecule has 0 aromatic carbocycles. The maximum atomic E-state index is 13.2. The van der Waals surface area contributed by atoms with Crippen LogP contribution in [0.1, 0.15) is 53.9 Å². The van der Waals surface area contributed by atoms with Crippen molar-refractivity contribution in [2.75, 3.05) is 26.2 Å². The van der Waals surface area contributed by atoms with Crippen molar-refractivity contribution in [1.29, 1.82) is 0 Å². The lowest BCUT2D eigenvalue weighted by Gasteiger charge is -2.38. The van der Waals surface area contributed by atoms with Crippen LogP contribution in [0.2, 0.25) is 0 Å². The van der Waals surface area contributed by atoms with Crippen LogP contribution in [-0.4, -0.2) is 59.6 Å². The molecule has 0 bridgehead atoms. The van der Waals surface area contributed by atoms with Crippen molar-refractivity contribution in [3.05, 3.63) is 11.3 Å². The van der Waals surface area contributed by atoms with Crippen LogP contribution in [0, 0.1) is 11.3 Å². The van der Waals surface area contributed by atoms with Gasteiger partial charge in [0.1, 0.15) is 12.2 Å². The number of piperidine rings is 1. The monoisotopic (exact) mass is 378 g/mol. The van der Waals surface area contributed by atoms with Crippen LogP contribution in [0.3, 0.4) is 0 Å². The molecule has 27 heavy (non-hydrogen) atoms. The van der Waals surface area contributed by atoms with Gasteiger partial charge in [-0.3, -0.25) is 4.79 Å². The van der Waals surface area contributed by atoms with Gasteiger partial charge in [0.05, 0.1) is 16.7 Å². The summed E-state index contributed by atoms with van der Waals surface area (Å²) in [6.45, 7) is 11.2. The van der Waals surface area contributed by atoms with Crippen LogP contribution in [0.5, 0.6) is 0 Å². The summed E-state index contributed by atoms with van der Waals surface area (Å²) >= 11 is 0.